The van der Waals surface area contributed by atoms with Crippen LogP contribution in [-0.2, 0) is 0 Å². The second-order valence-electron chi connectivity index (χ2n) is 9.73. The summed E-state index contributed by atoms with van der Waals surface area (Å²) in [5.74, 6) is 0.715. The van der Waals surface area contributed by atoms with Crippen LogP contribution in [0.1, 0.15) is 0 Å². The molecule has 8 rings (SSSR count). The van der Waals surface area contributed by atoms with Gasteiger partial charge in [0.2, 0.25) is 0 Å². The van der Waals surface area contributed by atoms with Crippen LogP contribution in [0.15, 0.2) is 133 Å². The van der Waals surface area contributed by atoms with Gasteiger partial charge in [-0.2, -0.15) is 0 Å². The van der Waals surface area contributed by atoms with Crippen molar-refractivity contribution in [2.24, 2.45) is 0 Å². The van der Waals surface area contributed by atoms with Crippen LogP contribution in [-0.4, -0.2) is 19.4 Å². The number of benzene rings is 4. The van der Waals surface area contributed by atoms with Crippen molar-refractivity contribution in [2.75, 3.05) is 0 Å². The van der Waals surface area contributed by atoms with Crippen LogP contribution in [0.2, 0.25) is 0 Å². The first-order valence-corrected chi connectivity index (χ1v) is 13.1. The molecule has 0 amide bonds. The molecular weight excluding hydrogens is 476 g/mol. The Balaban J connectivity index is 1.40. The molecule has 4 aromatic heterocycles. The lowest BCUT2D eigenvalue weighted by Crippen LogP contribution is -1.95. The maximum atomic E-state index is 5.06. The van der Waals surface area contributed by atoms with E-state index in [1.165, 1.54) is 10.8 Å². The Morgan fingerprint density at radius 1 is 0.436 bits per heavy atom. The van der Waals surface area contributed by atoms with Crippen LogP contribution in [0, 0.1) is 0 Å². The van der Waals surface area contributed by atoms with Crippen molar-refractivity contribution in [1.82, 2.24) is 19.4 Å². The maximum absolute atomic E-state index is 5.06. The van der Waals surface area contributed by atoms with E-state index >= 15 is 0 Å². The lowest BCUT2D eigenvalue weighted by atomic mass is 10.0. The van der Waals surface area contributed by atoms with Crippen molar-refractivity contribution in [2.45, 2.75) is 0 Å². The van der Waals surface area contributed by atoms with E-state index in [0.717, 1.165) is 56.0 Å². The molecule has 0 radical (unpaired) electrons. The number of rotatable bonds is 4. The van der Waals surface area contributed by atoms with Crippen LogP contribution in [0.4, 0.5) is 0 Å². The zero-order valence-electron chi connectivity index (χ0n) is 21.0. The van der Waals surface area contributed by atoms with Gasteiger partial charge in [-0.15, -0.1) is 0 Å². The van der Waals surface area contributed by atoms with Crippen LogP contribution in [0.5, 0.6) is 0 Å². The van der Waals surface area contributed by atoms with Crippen LogP contribution in [0.25, 0.3) is 72.6 Å². The van der Waals surface area contributed by atoms with Gasteiger partial charge in [0.25, 0.3) is 0 Å². The summed E-state index contributed by atoms with van der Waals surface area (Å²) < 4.78 is 2.28. The van der Waals surface area contributed by atoms with Crippen molar-refractivity contribution in [1.29, 1.82) is 0 Å². The molecule has 0 atom stereocenters. The molecule has 0 spiro atoms. The third kappa shape index (κ3) is 3.50. The van der Waals surface area contributed by atoms with Crippen LogP contribution < -0.4 is 0 Å². The molecule has 39 heavy (non-hydrogen) atoms. The first-order valence-electron chi connectivity index (χ1n) is 13.1. The normalized spacial score (nSPS) is 11.6. The predicted octanol–water partition coefficient (Wildman–Crippen LogP) is 8.54. The lowest BCUT2D eigenvalue weighted by Gasteiger charge is -2.10. The molecule has 0 fully saturated rings. The van der Waals surface area contributed by atoms with Gasteiger partial charge in [0.15, 0.2) is 5.82 Å². The van der Waals surface area contributed by atoms with E-state index in [1.54, 1.807) is 0 Å². The minimum absolute atomic E-state index is 0.715. The number of pyridine rings is 1. The van der Waals surface area contributed by atoms with Gasteiger partial charge in [-0.05, 0) is 24.3 Å². The van der Waals surface area contributed by atoms with Gasteiger partial charge in [-0.1, -0.05) is 109 Å². The van der Waals surface area contributed by atoms with E-state index in [1.807, 2.05) is 42.5 Å². The first kappa shape index (κ1) is 21.7. The quantitative estimate of drug-likeness (QED) is 0.244. The van der Waals surface area contributed by atoms with Crippen molar-refractivity contribution in [3.05, 3.63) is 133 Å². The monoisotopic (exact) mass is 498 g/mol. The molecule has 4 heteroatoms. The van der Waals surface area contributed by atoms with E-state index in [2.05, 4.69) is 95.4 Å². The molecule has 0 saturated carbocycles. The lowest BCUT2D eigenvalue weighted by molar-refractivity contribution is 1.18. The summed E-state index contributed by atoms with van der Waals surface area (Å²) in [5, 5.41) is 2.38. The summed E-state index contributed by atoms with van der Waals surface area (Å²) in [5.41, 5.74) is 10.3. The number of nitrogens with zero attached hydrogens (tertiary/aromatic N) is 4. The maximum Gasteiger partial charge on any atom is 0.160 e. The topological polar surface area (TPSA) is 43.1 Å². The molecular formula is C35H22N4. The molecule has 8 aromatic rings. The fourth-order valence-electron chi connectivity index (χ4n) is 5.54. The Bertz CT molecular complexity index is 2040. The highest BCUT2D eigenvalue weighted by molar-refractivity contribution is 6.14. The summed E-state index contributed by atoms with van der Waals surface area (Å²) in [4.78, 5) is 15.1. The summed E-state index contributed by atoms with van der Waals surface area (Å²) in [6.07, 6.45) is 0. The highest BCUT2D eigenvalue weighted by Crippen LogP contribution is 2.39. The molecule has 0 aliphatic heterocycles. The Morgan fingerprint density at radius 3 is 1.79 bits per heavy atom. The highest BCUT2D eigenvalue weighted by Gasteiger charge is 2.19. The summed E-state index contributed by atoms with van der Waals surface area (Å²) in [7, 11) is 0. The first-order chi connectivity index (χ1) is 19.3. The largest absolute Gasteiger partial charge is 0.292 e. The molecule has 4 aromatic carbocycles. The van der Waals surface area contributed by atoms with E-state index in [-0.39, 0.29) is 0 Å². The Kier molecular flexibility index (Phi) is 4.79. The van der Waals surface area contributed by atoms with Gasteiger partial charge in [0.05, 0.1) is 28.1 Å². The standard InChI is InChI=1S/C35H22N4/c1-4-11-23(12-5-1)29-22-30(37-35(36-29)25-15-8-3-9-16-25)26-19-20-27-28(21-26)34-33(24-13-6-2-7-14-24)38-32-18-10-17-31(27)39(32)34/h1-22H. The van der Waals surface area contributed by atoms with E-state index in [0.29, 0.717) is 5.82 Å². The zero-order valence-corrected chi connectivity index (χ0v) is 21.0. The number of hydrogen-bond donors (Lipinski definition) is 0. The molecule has 0 aliphatic rings. The number of fused-ring (bicyclic) bond motifs is 3. The summed E-state index contributed by atoms with van der Waals surface area (Å²) in [6.45, 7) is 0. The minimum atomic E-state index is 0.715. The third-order valence-electron chi connectivity index (χ3n) is 7.36. The van der Waals surface area contributed by atoms with Gasteiger partial charge in [0.1, 0.15) is 5.65 Å². The molecule has 0 saturated heterocycles. The minimum Gasteiger partial charge on any atom is -0.292 e. The molecule has 4 heterocycles. The molecule has 0 unspecified atom stereocenters. The van der Waals surface area contributed by atoms with Crippen molar-refractivity contribution < 1.29 is 0 Å². The second kappa shape index (κ2) is 8.61. The predicted molar refractivity (Wildman–Crippen MR) is 159 cm³/mol. The molecule has 0 aliphatic carbocycles. The van der Waals surface area contributed by atoms with Crippen LogP contribution >= 0.6 is 0 Å². The van der Waals surface area contributed by atoms with Crippen LogP contribution in [0.3, 0.4) is 0 Å². The Labute approximate surface area is 225 Å². The van der Waals surface area contributed by atoms with Crippen molar-refractivity contribution >= 4 is 27.5 Å². The molecule has 0 N–H and O–H groups in total. The average Bonchev–Trinajstić information content (AvgIpc) is 3.57. The smallest absolute Gasteiger partial charge is 0.160 e. The summed E-state index contributed by atoms with van der Waals surface area (Å²) in [6, 6.07) is 46.0. The van der Waals surface area contributed by atoms with Gasteiger partial charge in [-0.3, -0.25) is 4.40 Å². The number of aromatic nitrogens is 4. The van der Waals surface area contributed by atoms with Gasteiger partial charge in [0, 0.05) is 33.0 Å². The van der Waals surface area contributed by atoms with E-state index in [4.69, 9.17) is 15.0 Å². The average molecular weight is 499 g/mol. The van der Waals surface area contributed by atoms with E-state index in [9.17, 15) is 0 Å². The highest BCUT2D eigenvalue weighted by atomic mass is 15.0. The SMILES string of the molecule is c1ccc(-c2cc(-c3ccc4c(c3)c3c(-c5ccccc5)nc5cccc4n53)nc(-c3ccccc3)n2)cc1. The molecule has 0 bridgehead atoms. The molecule has 182 valence electrons. The molecule has 4 nitrogen and oxygen atoms in total. The van der Waals surface area contributed by atoms with Gasteiger partial charge in [-0.25, -0.2) is 15.0 Å². The summed E-state index contributed by atoms with van der Waals surface area (Å²) >= 11 is 0. The number of imidazole rings is 1. The Hall–Kier alpha value is -5.35. The third-order valence-corrected chi connectivity index (χ3v) is 7.36. The van der Waals surface area contributed by atoms with E-state index < -0.39 is 0 Å². The fraction of sp³-hybridized carbons (Fsp3) is 0. The van der Waals surface area contributed by atoms with Crippen molar-refractivity contribution in [3.63, 3.8) is 0 Å². The Morgan fingerprint density at radius 2 is 1.08 bits per heavy atom. The fourth-order valence-corrected chi connectivity index (χ4v) is 5.54. The number of hydrogen-bond acceptors (Lipinski definition) is 3. The van der Waals surface area contributed by atoms with Crippen molar-refractivity contribution in [3.8, 4) is 45.2 Å². The second-order valence-corrected chi connectivity index (χ2v) is 9.73. The zero-order chi connectivity index (χ0) is 25.8. The van der Waals surface area contributed by atoms with Gasteiger partial charge >= 0.3 is 0 Å². The van der Waals surface area contributed by atoms with Gasteiger partial charge < -0.3 is 0 Å².